The number of carbonyl (C=O) groups is 1. The van der Waals surface area contributed by atoms with Gasteiger partial charge in [-0.15, -0.1) is 0 Å². The lowest BCUT2D eigenvalue weighted by Crippen LogP contribution is -2.32. The summed E-state index contributed by atoms with van der Waals surface area (Å²) in [5, 5.41) is 9.50. The number of benzene rings is 2. The van der Waals surface area contributed by atoms with Crippen LogP contribution < -0.4 is 15.1 Å². The molecule has 0 amide bonds. The van der Waals surface area contributed by atoms with E-state index in [1.807, 2.05) is 30.3 Å². The average molecular weight is 336 g/mol. The van der Waals surface area contributed by atoms with E-state index in [1.54, 1.807) is 12.1 Å². The maximum absolute atomic E-state index is 12.5. The number of rotatable bonds is 3. The number of nitrogens with zero attached hydrogens (tertiary/aromatic N) is 1. The van der Waals surface area contributed by atoms with E-state index < -0.39 is 11.4 Å². The molecule has 2 aromatic carbocycles. The molecule has 0 saturated carbocycles. The number of H-pyrrole nitrogens is 1. The molecule has 6 nitrogen and oxygen atoms in total. The maximum Gasteiger partial charge on any atom is 0.341 e. The van der Waals surface area contributed by atoms with E-state index in [9.17, 15) is 9.59 Å². The SMILES string of the molecule is O=C(O)c1c[nH]c2cc3c(cc2c1=O)N(Cc1ccccc1)CCO3. The highest BCUT2D eigenvalue weighted by molar-refractivity contribution is 5.94. The summed E-state index contributed by atoms with van der Waals surface area (Å²) in [5.74, 6) is -0.549. The molecule has 2 heterocycles. The first-order valence-electron chi connectivity index (χ1n) is 7.98. The second-order valence-corrected chi connectivity index (χ2v) is 5.96. The van der Waals surface area contributed by atoms with Crippen LogP contribution in [0.25, 0.3) is 10.9 Å². The highest BCUT2D eigenvalue weighted by atomic mass is 16.5. The second kappa shape index (κ2) is 5.98. The first-order valence-corrected chi connectivity index (χ1v) is 7.98. The molecule has 1 aliphatic heterocycles. The number of aromatic nitrogens is 1. The van der Waals surface area contributed by atoms with Crippen LogP contribution in [0.5, 0.6) is 5.75 Å². The van der Waals surface area contributed by atoms with E-state index in [1.165, 1.54) is 6.20 Å². The molecule has 1 aromatic heterocycles. The molecule has 0 atom stereocenters. The predicted molar refractivity (Wildman–Crippen MR) is 94.5 cm³/mol. The minimum absolute atomic E-state index is 0.265. The Balaban J connectivity index is 1.82. The van der Waals surface area contributed by atoms with Gasteiger partial charge in [-0.2, -0.15) is 0 Å². The molecule has 0 radical (unpaired) electrons. The molecule has 0 saturated heterocycles. The maximum atomic E-state index is 12.5. The van der Waals surface area contributed by atoms with Gasteiger partial charge in [0.25, 0.3) is 0 Å². The largest absolute Gasteiger partial charge is 0.489 e. The van der Waals surface area contributed by atoms with Crippen molar-refractivity contribution in [3.63, 3.8) is 0 Å². The summed E-state index contributed by atoms with van der Waals surface area (Å²) in [6.07, 6.45) is 1.23. The van der Waals surface area contributed by atoms with E-state index in [0.717, 1.165) is 11.3 Å². The number of ether oxygens (including phenoxy) is 1. The lowest BCUT2D eigenvalue weighted by molar-refractivity contribution is 0.0695. The van der Waals surface area contributed by atoms with Crippen molar-refractivity contribution < 1.29 is 14.6 Å². The van der Waals surface area contributed by atoms with Crippen molar-refractivity contribution in [3.8, 4) is 5.75 Å². The van der Waals surface area contributed by atoms with Gasteiger partial charge >= 0.3 is 5.97 Å². The van der Waals surface area contributed by atoms with Crippen molar-refractivity contribution in [3.05, 3.63) is 70.0 Å². The van der Waals surface area contributed by atoms with E-state index in [2.05, 4.69) is 9.88 Å². The van der Waals surface area contributed by atoms with E-state index in [0.29, 0.717) is 36.3 Å². The van der Waals surface area contributed by atoms with E-state index >= 15 is 0 Å². The monoisotopic (exact) mass is 336 g/mol. The van der Waals surface area contributed by atoms with Crippen LogP contribution in [-0.2, 0) is 6.54 Å². The van der Waals surface area contributed by atoms with Gasteiger partial charge in [-0.3, -0.25) is 4.79 Å². The van der Waals surface area contributed by atoms with Crippen LogP contribution in [0.1, 0.15) is 15.9 Å². The summed E-state index contributed by atoms with van der Waals surface area (Å²) in [6.45, 7) is 1.95. The van der Waals surface area contributed by atoms with Gasteiger partial charge < -0.3 is 19.7 Å². The van der Waals surface area contributed by atoms with Crippen LogP contribution in [0.3, 0.4) is 0 Å². The van der Waals surface area contributed by atoms with Crippen molar-refractivity contribution in [2.45, 2.75) is 6.54 Å². The third-order valence-corrected chi connectivity index (χ3v) is 4.37. The second-order valence-electron chi connectivity index (χ2n) is 5.96. The number of pyridine rings is 1. The Morgan fingerprint density at radius 2 is 2.04 bits per heavy atom. The van der Waals surface area contributed by atoms with Gasteiger partial charge in [0, 0.05) is 24.2 Å². The molecule has 3 aromatic rings. The molecule has 4 rings (SSSR count). The standard InChI is InChI=1S/C19H16N2O4/c22-18-13-8-16-17(9-15(13)20-10-14(18)19(23)24)25-7-6-21(16)11-12-4-2-1-3-5-12/h1-5,8-10H,6-7,11H2,(H,20,22)(H,23,24). The molecule has 0 bridgehead atoms. The van der Waals surface area contributed by atoms with Crippen LogP contribution >= 0.6 is 0 Å². The Kier molecular flexibility index (Phi) is 3.65. The summed E-state index contributed by atoms with van der Waals surface area (Å²) in [5.41, 5.74) is 1.77. The number of fused-ring (bicyclic) bond motifs is 2. The van der Waals surface area contributed by atoms with E-state index in [-0.39, 0.29) is 5.56 Å². The molecule has 126 valence electrons. The number of aromatic carboxylic acids is 1. The highest BCUT2D eigenvalue weighted by Crippen LogP contribution is 2.35. The normalized spacial score (nSPS) is 13.4. The number of aromatic amines is 1. The zero-order chi connectivity index (χ0) is 17.4. The van der Waals surface area contributed by atoms with Gasteiger partial charge in [-0.1, -0.05) is 30.3 Å². The molecule has 1 aliphatic rings. The molecule has 6 heteroatoms. The molecular weight excluding hydrogens is 320 g/mol. The fourth-order valence-electron chi connectivity index (χ4n) is 3.11. The Hall–Kier alpha value is -3.28. The van der Waals surface area contributed by atoms with Crippen molar-refractivity contribution in [1.29, 1.82) is 0 Å². The first kappa shape index (κ1) is 15.3. The topological polar surface area (TPSA) is 82.6 Å². The van der Waals surface area contributed by atoms with Crippen LogP contribution in [0.4, 0.5) is 5.69 Å². The molecule has 0 aliphatic carbocycles. The van der Waals surface area contributed by atoms with Gasteiger partial charge in [0.2, 0.25) is 5.43 Å². The zero-order valence-electron chi connectivity index (χ0n) is 13.4. The number of carboxylic acids is 1. The predicted octanol–water partition coefficient (Wildman–Crippen LogP) is 2.63. The number of hydrogen-bond donors (Lipinski definition) is 2. The Labute approximate surface area is 143 Å². The van der Waals surface area contributed by atoms with Gasteiger partial charge in [-0.05, 0) is 11.6 Å². The Morgan fingerprint density at radius 1 is 1.24 bits per heavy atom. The van der Waals surface area contributed by atoms with Crippen LogP contribution in [0, 0.1) is 0 Å². The Bertz CT molecular complexity index is 1010. The van der Waals surface area contributed by atoms with Crippen molar-refractivity contribution in [1.82, 2.24) is 4.98 Å². The number of hydrogen-bond acceptors (Lipinski definition) is 4. The Morgan fingerprint density at radius 3 is 2.80 bits per heavy atom. The smallest absolute Gasteiger partial charge is 0.341 e. The van der Waals surface area contributed by atoms with Crippen molar-refractivity contribution >= 4 is 22.6 Å². The van der Waals surface area contributed by atoms with Crippen molar-refractivity contribution in [2.75, 3.05) is 18.1 Å². The third-order valence-electron chi connectivity index (χ3n) is 4.37. The third kappa shape index (κ3) is 2.71. The summed E-state index contributed by atoms with van der Waals surface area (Å²) in [4.78, 5) is 28.7. The van der Waals surface area contributed by atoms with Gasteiger partial charge in [-0.25, -0.2) is 4.79 Å². The fourth-order valence-corrected chi connectivity index (χ4v) is 3.11. The minimum atomic E-state index is -1.24. The molecular formula is C19H16N2O4. The van der Waals surface area contributed by atoms with Gasteiger partial charge in [0.1, 0.15) is 17.9 Å². The molecule has 2 N–H and O–H groups in total. The minimum Gasteiger partial charge on any atom is -0.489 e. The summed E-state index contributed by atoms with van der Waals surface area (Å²) in [6, 6.07) is 13.5. The van der Waals surface area contributed by atoms with Gasteiger partial charge in [0.05, 0.1) is 17.7 Å². The van der Waals surface area contributed by atoms with E-state index in [4.69, 9.17) is 9.84 Å². The van der Waals surface area contributed by atoms with Crippen LogP contribution in [0.2, 0.25) is 0 Å². The van der Waals surface area contributed by atoms with Crippen LogP contribution in [-0.4, -0.2) is 29.2 Å². The average Bonchev–Trinajstić information content (AvgIpc) is 2.62. The lowest BCUT2D eigenvalue weighted by atomic mass is 10.1. The first-order chi connectivity index (χ1) is 12.1. The number of anilines is 1. The fraction of sp³-hybridized carbons (Fsp3) is 0.158. The van der Waals surface area contributed by atoms with Crippen molar-refractivity contribution in [2.24, 2.45) is 0 Å². The summed E-state index contributed by atoms with van der Waals surface area (Å²) in [7, 11) is 0. The highest BCUT2D eigenvalue weighted by Gasteiger charge is 2.21. The summed E-state index contributed by atoms with van der Waals surface area (Å²) < 4.78 is 5.74. The quantitative estimate of drug-likeness (QED) is 0.768. The lowest BCUT2D eigenvalue weighted by Gasteiger charge is -2.31. The molecule has 25 heavy (non-hydrogen) atoms. The van der Waals surface area contributed by atoms with Crippen LogP contribution in [0.15, 0.2) is 53.5 Å². The summed E-state index contributed by atoms with van der Waals surface area (Å²) >= 11 is 0. The molecule has 0 unspecified atom stereocenters. The molecule has 0 fully saturated rings. The zero-order valence-corrected chi connectivity index (χ0v) is 13.4. The number of carboxylic acid groups (broad SMARTS) is 1. The molecule has 0 spiro atoms. The number of nitrogens with one attached hydrogen (secondary N) is 1. The van der Waals surface area contributed by atoms with Gasteiger partial charge in [0.15, 0.2) is 0 Å².